The summed E-state index contributed by atoms with van der Waals surface area (Å²) in [4.78, 5) is 24.9. The van der Waals surface area contributed by atoms with E-state index in [4.69, 9.17) is 9.84 Å². The molecule has 1 N–H and O–H groups in total. The highest BCUT2D eigenvalue weighted by Gasteiger charge is 2.36. The quantitative estimate of drug-likeness (QED) is 0.873. The summed E-state index contributed by atoms with van der Waals surface area (Å²) in [6.45, 7) is 1.61. The third-order valence-electron chi connectivity index (χ3n) is 3.55. The molecule has 0 bridgehead atoms. The highest BCUT2D eigenvalue weighted by Crippen LogP contribution is 2.30. The largest absolute Gasteiger partial charge is 0.494 e. The number of amides is 1. The number of benzene rings is 1. The van der Waals surface area contributed by atoms with Crippen molar-refractivity contribution in [2.24, 2.45) is 5.92 Å². The van der Waals surface area contributed by atoms with Crippen molar-refractivity contribution in [2.75, 3.05) is 13.7 Å². The van der Waals surface area contributed by atoms with E-state index in [1.54, 1.807) is 6.07 Å². The molecule has 2 rings (SSSR count). The normalized spacial score (nSPS) is 15.4. The number of carboxylic acid groups (broad SMARTS) is 1. The topological polar surface area (TPSA) is 66.8 Å². The van der Waals surface area contributed by atoms with Crippen LogP contribution in [0, 0.1) is 11.7 Å². The number of nitrogens with zero attached hydrogens (tertiary/aromatic N) is 1. The lowest BCUT2D eigenvalue weighted by Crippen LogP contribution is -2.39. The van der Waals surface area contributed by atoms with Gasteiger partial charge in [-0.05, 0) is 25.0 Å². The fraction of sp³-hybridized carbons (Fsp3) is 0.467. The number of carboxylic acids is 1. The van der Waals surface area contributed by atoms with Gasteiger partial charge in [0.15, 0.2) is 11.6 Å². The van der Waals surface area contributed by atoms with Crippen molar-refractivity contribution < 1.29 is 23.8 Å². The third-order valence-corrected chi connectivity index (χ3v) is 3.55. The molecule has 21 heavy (non-hydrogen) atoms. The molecule has 0 aromatic heterocycles. The molecule has 5 nitrogen and oxygen atoms in total. The van der Waals surface area contributed by atoms with E-state index in [9.17, 15) is 14.0 Å². The molecule has 1 aliphatic rings. The Bertz CT molecular complexity index is 557. The van der Waals surface area contributed by atoms with Gasteiger partial charge in [-0.1, -0.05) is 13.0 Å². The lowest BCUT2D eigenvalue weighted by Gasteiger charge is -2.24. The molecule has 0 radical (unpaired) electrons. The summed E-state index contributed by atoms with van der Waals surface area (Å²) in [5.41, 5.74) is -0.0844. The van der Waals surface area contributed by atoms with Gasteiger partial charge in [0.25, 0.3) is 5.91 Å². The standard InChI is InChI=1S/C15H18FNO4/c1-9(15(19)20)8-17(10-6-7-10)14(18)11-4-3-5-12(21-2)13(11)16/h3-5,9-10H,6-8H2,1-2H3,(H,19,20)/t9-/m0/s1. The second kappa shape index (κ2) is 6.11. The van der Waals surface area contributed by atoms with Gasteiger partial charge in [-0.15, -0.1) is 0 Å². The monoisotopic (exact) mass is 295 g/mol. The van der Waals surface area contributed by atoms with Gasteiger partial charge in [0.1, 0.15) is 0 Å². The van der Waals surface area contributed by atoms with E-state index in [-0.39, 0.29) is 23.9 Å². The first-order valence-corrected chi connectivity index (χ1v) is 6.82. The number of hydrogen-bond donors (Lipinski definition) is 1. The van der Waals surface area contributed by atoms with Crippen LogP contribution in [0.4, 0.5) is 4.39 Å². The molecule has 1 atom stereocenters. The minimum absolute atomic E-state index is 0.00267. The number of ether oxygens (including phenoxy) is 1. The first-order chi connectivity index (χ1) is 9.95. The molecule has 1 aromatic carbocycles. The van der Waals surface area contributed by atoms with Crippen LogP contribution in [0.1, 0.15) is 30.1 Å². The van der Waals surface area contributed by atoms with E-state index in [1.165, 1.54) is 31.1 Å². The summed E-state index contributed by atoms with van der Waals surface area (Å²) in [7, 11) is 1.33. The van der Waals surface area contributed by atoms with Crippen LogP contribution in [0.2, 0.25) is 0 Å². The van der Waals surface area contributed by atoms with E-state index in [2.05, 4.69) is 0 Å². The summed E-state index contributed by atoms with van der Waals surface area (Å²) in [6, 6.07) is 4.37. The van der Waals surface area contributed by atoms with E-state index in [0.717, 1.165) is 12.8 Å². The van der Waals surface area contributed by atoms with Crippen molar-refractivity contribution in [3.8, 4) is 5.75 Å². The highest BCUT2D eigenvalue weighted by atomic mass is 19.1. The van der Waals surface area contributed by atoms with Gasteiger partial charge < -0.3 is 14.7 Å². The van der Waals surface area contributed by atoms with Crippen LogP contribution < -0.4 is 4.74 Å². The first-order valence-electron chi connectivity index (χ1n) is 6.82. The number of hydrogen-bond acceptors (Lipinski definition) is 3. The van der Waals surface area contributed by atoms with E-state index in [0.29, 0.717) is 0 Å². The van der Waals surface area contributed by atoms with Crippen LogP contribution in [0.15, 0.2) is 18.2 Å². The first kappa shape index (κ1) is 15.3. The van der Waals surface area contributed by atoms with Crippen molar-refractivity contribution in [1.29, 1.82) is 0 Å². The zero-order valence-corrected chi connectivity index (χ0v) is 12.0. The van der Waals surface area contributed by atoms with Crippen molar-refractivity contribution in [3.63, 3.8) is 0 Å². The molecule has 1 aromatic rings. The molecule has 0 spiro atoms. The fourth-order valence-electron chi connectivity index (χ4n) is 2.15. The van der Waals surface area contributed by atoms with Crippen molar-refractivity contribution in [3.05, 3.63) is 29.6 Å². The average molecular weight is 295 g/mol. The van der Waals surface area contributed by atoms with E-state index < -0.39 is 23.6 Å². The maximum absolute atomic E-state index is 14.2. The van der Waals surface area contributed by atoms with Crippen LogP contribution in [-0.2, 0) is 4.79 Å². The number of aliphatic carboxylic acids is 1. The molecule has 0 aliphatic heterocycles. The van der Waals surface area contributed by atoms with Gasteiger partial charge in [-0.2, -0.15) is 0 Å². The lowest BCUT2D eigenvalue weighted by molar-refractivity contribution is -0.141. The number of halogens is 1. The Labute approximate surface area is 122 Å². The smallest absolute Gasteiger partial charge is 0.308 e. The number of carbonyl (C=O) groups is 2. The van der Waals surface area contributed by atoms with Gasteiger partial charge in [-0.3, -0.25) is 9.59 Å². The molecule has 1 amide bonds. The Morgan fingerprint density at radius 2 is 2.14 bits per heavy atom. The van der Waals surface area contributed by atoms with Crippen LogP contribution in [0.25, 0.3) is 0 Å². The Balaban J connectivity index is 2.25. The van der Waals surface area contributed by atoms with Gasteiger partial charge in [-0.25, -0.2) is 4.39 Å². The molecule has 6 heteroatoms. The second-order valence-electron chi connectivity index (χ2n) is 5.25. The minimum atomic E-state index is -0.973. The molecule has 114 valence electrons. The molecule has 1 fully saturated rings. The Hall–Kier alpha value is -2.11. The molecule has 0 saturated heterocycles. The van der Waals surface area contributed by atoms with Crippen LogP contribution in [0.5, 0.6) is 5.75 Å². The van der Waals surface area contributed by atoms with E-state index >= 15 is 0 Å². The third kappa shape index (κ3) is 3.32. The predicted octanol–water partition coefficient (Wildman–Crippen LogP) is 2.16. The summed E-state index contributed by atoms with van der Waals surface area (Å²) in [5, 5.41) is 8.99. The van der Waals surface area contributed by atoms with Crippen molar-refractivity contribution in [2.45, 2.75) is 25.8 Å². The summed E-state index contributed by atoms with van der Waals surface area (Å²) >= 11 is 0. The summed E-state index contributed by atoms with van der Waals surface area (Å²) in [6.07, 6.45) is 1.65. The SMILES string of the molecule is COc1cccc(C(=O)N(C[C@H](C)C(=O)O)C2CC2)c1F. The predicted molar refractivity (Wildman–Crippen MR) is 73.8 cm³/mol. The zero-order valence-electron chi connectivity index (χ0n) is 12.0. The number of methoxy groups -OCH3 is 1. The highest BCUT2D eigenvalue weighted by molar-refractivity contribution is 5.95. The summed E-state index contributed by atoms with van der Waals surface area (Å²) < 4.78 is 19.0. The minimum Gasteiger partial charge on any atom is -0.494 e. The average Bonchev–Trinajstić information content (AvgIpc) is 3.28. The van der Waals surface area contributed by atoms with Gasteiger partial charge in [0, 0.05) is 12.6 Å². The number of carbonyl (C=O) groups excluding carboxylic acids is 1. The molecule has 0 unspecified atom stereocenters. The van der Waals surface area contributed by atoms with Crippen LogP contribution in [0.3, 0.4) is 0 Å². The molecule has 1 saturated carbocycles. The van der Waals surface area contributed by atoms with E-state index in [1.807, 2.05) is 0 Å². The number of rotatable bonds is 6. The zero-order chi connectivity index (χ0) is 15.6. The Kier molecular flexibility index (Phi) is 4.45. The van der Waals surface area contributed by atoms with Crippen molar-refractivity contribution >= 4 is 11.9 Å². The molecule has 0 heterocycles. The maximum Gasteiger partial charge on any atom is 0.308 e. The molecular formula is C15H18FNO4. The van der Waals surface area contributed by atoms with Crippen LogP contribution in [-0.4, -0.2) is 41.6 Å². The molecule has 1 aliphatic carbocycles. The van der Waals surface area contributed by atoms with Gasteiger partial charge in [0.2, 0.25) is 0 Å². The van der Waals surface area contributed by atoms with Gasteiger partial charge in [0.05, 0.1) is 18.6 Å². The van der Waals surface area contributed by atoms with Crippen LogP contribution >= 0.6 is 0 Å². The summed E-state index contributed by atoms with van der Waals surface area (Å²) in [5.74, 6) is -2.86. The Morgan fingerprint density at radius 1 is 1.48 bits per heavy atom. The maximum atomic E-state index is 14.2. The fourth-order valence-corrected chi connectivity index (χ4v) is 2.15. The second-order valence-corrected chi connectivity index (χ2v) is 5.25. The lowest BCUT2D eigenvalue weighted by atomic mass is 10.1. The Morgan fingerprint density at radius 3 is 2.67 bits per heavy atom. The van der Waals surface area contributed by atoms with Crippen molar-refractivity contribution in [1.82, 2.24) is 4.90 Å². The molecular weight excluding hydrogens is 277 g/mol. The van der Waals surface area contributed by atoms with Gasteiger partial charge >= 0.3 is 5.97 Å².